The molecule has 0 atom stereocenters. The van der Waals surface area contributed by atoms with E-state index in [1.165, 1.54) is 0 Å². The Kier molecular flexibility index (Phi) is 4.03. The highest BCUT2D eigenvalue weighted by Crippen LogP contribution is 2.33. The van der Waals surface area contributed by atoms with Gasteiger partial charge in [-0.1, -0.05) is 6.07 Å². The Morgan fingerprint density at radius 3 is 2.52 bits per heavy atom. The number of alkyl halides is 1. The van der Waals surface area contributed by atoms with E-state index in [2.05, 4.69) is 42.9 Å². The van der Waals surface area contributed by atoms with Gasteiger partial charge in [0.2, 0.25) is 0 Å². The molecule has 0 bridgehead atoms. The van der Waals surface area contributed by atoms with Crippen molar-refractivity contribution in [1.29, 1.82) is 5.26 Å². The minimum atomic E-state index is 0.282. The monoisotopic (exact) mass is 423 g/mol. The van der Waals surface area contributed by atoms with Gasteiger partial charge in [-0.3, -0.25) is 4.57 Å². The molecule has 0 saturated heterocycles. The van der Waals surface area contributed by atoms with E-state index in [1.807, 2.05) is 34.9 Å². The van der Waals surface area contributed by atoms with Crippen LogP contribution in [-0.4, -0.2) is 9.55 Å². The van der Waals surface area contributed by atoms with Crippen molar-refractivity contribution >= 4 is 54.5 Å². The summed E-state index contributed by atoms with van der Waals surface area (Å²) >= 11 is 13.2. The lowest BCUT2D eigenvalue weighted by molar-refractivity contribution is 0.972. The number of rotatable bonds is 2. The largest absolute Gasteiger partial charge is 0.293 e. The molecular weight excluding hydrogens is 417 g/mol. The molecular formula is C15H8Br2ClN3. The second kappa shape index (κ2) is 5.80. The van der Waals surface area contributed by atoms with Crippen LogP contribution in [0.4, 0.5) is 0 Å². The molecule has 3 nitrogen and oxygen atoms in total. The van der Waals surface area contributed by atoms with Crippen LogP contribution >= 0.6 is 43.5 Å². The van der Waals surface area contributed by atoms with E-state index in [9.17, 15) is 0 Å². The van der Waals surface area contributed by atoms with Crippen LogP contribution in [0.15, 0.2) is 45.3 Å². The Balaban J connectivity index is 2.43. The normalized spacial score (nSPS) is 10.8. The zero-order valence-electron chi connectivity index (χ0n) is 10.6. The highest BCUT2D eigenvalue weighted by Gasteiger charge is 2.16. The summed E-state index contributed by atoms with van der Waals surface area (Å²) in [5, 5.41) is 9.11. The van der Waals surface area contributed by atoms with E-state index < -0.39 is 0 Å². The van der Waals surface area contributed by atoms with Crippen molar-refractivity contribution in [2.24, 2.45) is 0 Å². The minimum absolute atomic E-state index is 0.282. The summed E-state index contributed by atoms with van der Waals surface area (Å²) in [6.07, 6.45) is 0. The summed E-state index contributed by atoms with van der Waals surface area (Å²) in [6.45, 7) is 0. The van der Waals surface area contributed by atoms with Gasteiger partial charge in [-0.15, -0.1) is 11.6 Å². The van der Waals surface area contributed by atoms with Crippen LogP contribution in [0.2, 0.25) is 0 Å². The van der Waals surface area contributed by atoms with Crippen molar-refractivity contribution in [3.05, 3.63) is 56.7 Å². The summed E-state index contributed by atoms with van der Waals surface area (Å²) in [6, 6.07) is 13.4. The van der Waals surface area contributed by atoms with Crippen molar-refractivity contribution in [3.63, 3.8) is 0 Å². The smallest absolute Gasteiger partial charge is 0.129 e. The van der Waals surface area contributed by atoms with Gasteiger partial charge in [-0.25, -0.2) is 4.98 Å². The van der Waals surface area contributed by atoms with Crippen LogP contribution in [0.3, 0.4) is 0 Å². The first-order chi connectivity index (χ1) is 10.2. The fourth-order valence-corrected chi connectivity index (χ4v) is 3.77. The maximum atomic E-state index is 9.11. The third-order valence-electron chi connectivity index (χ3n) is 3.13. The average molecular weight is 426 g/mol. The number of para-hydroxylation sites is 1. The van der Waals surface area contributed by atoms with Crippen molar-refractivity contribution in [3.8, 4) is 11.8 Å². The number of aromatic nitrogens is 2. The first-order valence-corrected chi connectivity index (χ1v) is 8.19. The third-order valence-corrected chi connectivity index (χ3v) is 4.65. The standard InChI is InChI=1S/C15H8Br2ClN3/c16-10-2-1-3-11(17)15(10)21-13-6-9(8-19)4-5-12(13)20-14(21)7-18/h1-6H,7H2. The van der Waals surface area contributed by atoms with Crippen molar-refractivity contribution in [2.75, 3.05) is 0 Å². The van der Waals surface area contributed by atoms with Gasteiger partial charge in [0.25, 0.3) is 0 Å². The Bertz CT molecular complexity index is 860. The van der Waals surface area contributed by atoms with E-state index in [1.54, 1.807) is 6.07 Å². The van der Waals surface area contributed by atoms with Gasteiger partial charge in [-0.2, -0.15) is 5.26 Å². The second-order valence-electron chi connectivity index (χ2n) is 4.38. The van der Waals surface area contributed by atoms with Crippen molar-refractivity contribution in [2.45, 2.75) is 5.88 Å². The summed E-state index contributed by atoms with van der Waals surface area (Å²) in [5.74, 6) is 1.01. The van der Waals surface area contributed by atoms with E-state index in [0.717, 1.165) is 31.5 Å². The minimum Gasteiger partial charge on any atom is -0.293 e. The SMILES string of the molecule is N#Cc1ccc2nc(CCl)n(-c3c(Br)cccc3Br)c2c1. The molecule has 0 amide bonds. The summed E-state index contributed by atoms with van der Waals surface area (Å²) in [4.78, 5) is 4.55. The molecule has 0 aliphatic heterocycles. The number of benzene rings is 2. The third kappa shape index (κ3) is 2.48. The Hall–Kier alpha value is -1.35. The summed E-state index contributed by atoms with van der Waals surface area (Å²) < 4.78 is 3.81. The van der Waals surface area contributed by atoms with Crippen molar-refractivity contribution < 1.29 is 0 Å². The number of nitriles is 1. The molecule has 0 radical (unpaired) electrons. The lowest BCUT2D eigenvalue weighted by Gasteiger charge is -2.12. The Morgan fingerprint density at radius 1 is 1.19 bits per heavy atom. The predicted octanol–water partition coefficient (Wildman–Crippen LogP) is 5.16. The fourth-order valence-electron chi connectivity index (χ4n) is 2.24. The molecule has 3 aromatic rings. The first-order valence-electron chi connectivity index (χ1n) is 6.07. The van der Waals surface area contributed by atoms with Gasteiger partial charge in [0.1, 0.15) is 5.82 Å². The maximum absolute atomic E-state index is 9.11. The molecule has 104 valence electrons. The molecule has 1 aromatic heterocycles. The van der Waals surface area contributed by atoms with E-state index in [-0.39, 0.29) is 5.88 Å². The van der Waals surface area contributed by atoms with Crippen LogP contribution in [-0.2, 0) is 5.88 Å². The topological polar surface area (TPSA) is 41.6 Å². The molecule has 1 heterocycles. The molecule has 0 spiro atoms. The fraction of sp³-hybridized carbons (Fsp3) is 0.0667. The van der Waals surface area contributed by atoms with Gasteiger partial charge in [0, 0.05) is 8.95 Å². The molecule has 0 aliphatic carbocycles. The van der Waals surface area contributed by atoms with Crippen LogP contribution in [0.1, 0.15) is 11.4 Å². The van der Waals surface area contributed by atoms with Gasteiger partial charge in [-0.05, 0) is 62.2 Å². The lowest BCUT2D eigenvalue weighted by Crippen LogP contribution is -2.01. The zero-order chi connectivity index (χ0) is 15.0. The van der Waals surface area contributed by atoms with Gasteiger partial charge >= 0.3 is 0 Å². The molecule has 0 aliphatic rings. The molecule has 0 unspecified atom stereocenters. The maximum Gasteiger partial charge on any atom is 0.129 e. The molecule has 3 rings (SSSR count). The van der Waals surface area contributed by atoms with Crippen LogP contribution in [0.25, 0.3) is 16.7 Å². The second-order valence-corrected chi connectivity index (χ2v) is 6.36. The number of nitrogens with zero attached hydrogens (tertiary/aromatic N) is 3. The van der Waals surface area contributed by atoms with Gasteiger partial charge in [0.05, 0.1) is 34.2 Å². The van der Waals surface area contributed by atoms with E-state index in [0.29, 0.717) is 5.56 Å². The summed E-state index contributed by atoms with van der Waals surface area (Å²) in [5.41, 5.74) is 3.18. The van der Waals surface area contributed by atoms with Crippen LogP contribution < -0.4 is 0 Å². The van der Waals surface area contributed by atoms with Gasteiger partial charge in [0.15, 0.2) is 0 Å². The highest BCUT2D eigenvalue weighted by molar-refractivity contribution is 9.11. The molecule has 0 fully saturated rings. The van der Waals surface area contributed by atoms with Crippen LogP contribution in [0, 0.1) is 11.3 Å². The van der Waals surface area contributed by atoms with Gasteiger partial charge < -0.3 is 0 Å². The highest BCUT2D eigenvalue weighted by atomic mass is 79.9. The van der Waals surface area contributed by atoms with E-state index >= 15 is 0 Å². The number of fused-ring (bicyclic) bond motifs is 1. The van der Waals surface area contributed by atoms with Crippen LogP contribution in [0.5, 0.6) is 0 Å². The number of halogens is 3. The number of hydrogen-bond acceptors (Lipinski definition) is 2. The molecule has 0 N–H and O–H groups in total. The zero-order valence-corrected chi connectivity index (χ0v) is 14.6. The van der Waals surface area contributed by atoms with E-state index in [4.69, 9.17) is 16.9 Å². The Morgan fingerprint density at radius 2 is 1.90 bits per heavy atom. The molecule has 21 heavy (non-hydrogen) atoms. The lowest BCUT2D eigenvalue weighted by atomic mass is 10.2. The number of hydrogen-bond donors (Lipinski definition) is 0. The first kappa shape index (κ1) is 14.6. The van der Waals surface area contributed by atoms with Crippen molar-refractivity contribution in [1.82, 2.24) is 9.55 Å². The predicted molar refractivity (Wildman–Crippen MR) is 90.7 cm³/mol. The molecule has 2 aromatic carbocycles. The molecule has 6 heteroatoms. The summed E-state index contributed by atoms with van der Waals surface area (Å²) in [7, 11) is 0. The quantitative estimate of drug-likeness (QED) is 0.532. The average Bonchev–Trinajstić information content (AvgIpc) is 2.85. The number of imidazole rings is 1. The molecule has 0 saturated carbocycles. The Labute approximate surface area is 143 Å².